The molecule has 1 N–H and O–H groups in total. The van der Waals surface area contributed by atoms with Gasteiger partial charge in [-0.1, -0.05) is 27.7 Å². The third-order valence-electron chi connectivity index (χ3n) is 2.58. The second-order valence-electron chi connectivity index (χ2n) is 5.71. The zero-order chi connectivity index (χ0) is 14.4. The summed E-state index contributed by atoms with van der Waals surface area (Å²) in [6.45, 7) is 10.8. The average molecular weight is 284 g/mol. The number of hydrogen-bond donors (Lipinski definition) is 1. The standard InChI is InChI=1S/C14H24N2O2S/c1-10(2)7-16(8-11(3)4)14-15-12(9-19-14)5-6-13(17)18/h9-11H,5-8H2,1-4H3,(H,17,18). The Balaban J connectivity index is 2.70. The molecule has 108 valence electrons. The Hall–Kier alpha value is -1.10. The molecule has 0 saturated carbocycles. The van der Waals surface area contributed by atoms with Gasteiger partial charge in [0.2, 0.25) is 0 Å². The summed E-state index contributed by atoms with van der Waals surface area (Å²) in [5, 5.41) is 11.7. The molecular formula is C14H24N2O2S. The van der Waals surface area contributed by atoms with Gasteiger partial charge in [0.15, 0.2) is 5.13 Å². The van der Waals surface area contributed by atoms with Crippen molar-refractivity contribution in [2.75, 3.05) is 18.0 Å². The molecule has 0 unspecified atom stereocenters. The number of hydrogen-bond acceptors (Lipinski definition) is 4. The third-order valence-corrected chi connectivity index (χ3v) is 3.53. The van der Waals surface area contributed by atoms with Crippen LogP contribution in [0.3, 0.4) is 0 Å². The summed E-state index contributed by atoms with van der Waals surface area (Å²) >= 11 is 1.62. The van der Waals surface area contributed by atoms with Crippen molar-refractivity contribution in [1.29, 1.82) is 0 Å². The zero-order valence-electron chi connectivity index (χ0n) is 12.2. The first-order valence-corrected chi connectivity index (χ1v) is 7.67. The van der Waals surface area contributed by atoms with Gasteiger partial charge in [-0.3, -0.25) is 4.79 Å². The minimum atomic E-state index is -0.768. The van der Waals surface area contributed by atoms with E-state index in [4.69, 9.17) is 5.11 Å². The van der Waals surface area contributed by atoms with Crippen LogP contribution in [0.2, 0.25) is 0 Å². The fraction of sp³-hybridized carbons (Fsp3) is 0.714. The largest absolute Gasteiger partial charge is 0.481 e. The van der Waals surface area contributed by atoms with E-state index in [9.17, 15) is 4.79 Å². The summed E-state index contributed by atoms with van der Waals surface area (Å²) in [7, 11) is 0. The highest BCUT2D eigenvalue weighted by atomic mass is 32.1. The quantitative estimate of drug-likeness (QED) is 0.796. The lowest BCUT2D eigenvalue weighted by Gasteiger charge is -2.25. The van der Waals surface area contributed by atoms with Gasteiger partial charge in [-0.25, -0.2) is 4.98 Å². The van der Waals surface area contributed by atoms with Crippen LogP contribution in [0.25, 0.3) is 0 Å². The third kappa shape index (κ3) is 6.05. The first-order chi connectivity index (χ1) is 8.88. The second-order valence-corrected chi connectivity index (χ2v) is 6.54. The zero-order valence-corrected chi connectivity index (χ0v) is 13.0. The number of aliphatic carboxylic acids is 1. The van der Waals surface area contributed by atoms with Crippen molar-refractivity contribution in [2.45, 2.75) is 40.5 Å². The minimum Gasteiger partial charge on any atom is -0.481 e. The van der Waals surface area contributed by atoms with Gasteiger partial charge in [-0.15, -0.1) is 11.3 Å². The van der Waals surface area contributed by atoms with E-state index in [-0.39, 0.29) is 6.42 Å². The highest BCUT2D eigenvalue weighted by molar-refractivity contribution is 7.13. The molecule has 0 bridgehead atoms. The van der Waals surface area contributed by atoms with Gasteiger partial charge < -0.3 is 10.0 Å². The summed E-state index contributed by atoms with van der Waals surface area (Å²) in [6, 6.07) is 0. The van der Waals surface area contributed by atoms with Crippen LogP contribution >= 0.6 is 11.3 Å². The second kappa shape index (κ2) is 7.48. The van der Waals surface area contributed by atoms with Crippen molar-refractivity contribution in [3.63, 3.8) is 0 Å². The van der Waals surface area contributed by atoms with Crippen molar-refractivity contribution in [3.05, 3.63) is 11.1 Å². The first kappa shape index (κ1) is 16.0. The van der Waals surface area contributed by atoms with Gasteiger partial charge in [0.25, 0.3) is 0 Å². The molecule has 0 aliphatic carbocycles. The summed E-state index contributed by atoms with van der Waals surface area (Å²) in [5.41, 5.74) is 0.889. The fourth-order valence-electron chi connectivity index (χ4n) is 1.90. The summed E-state index contributed by atoms with van der Waals surface area (Å²) in [5.74, 6) is 0.408. The average Bonchev–Trinajstić information content (AvgIpc) is 2.72. The molecule has 4 nitrogen and oxygen atoms in total. The van der Waals surface area contributed by atoms with Gasteiger partial charge >= 0.3 is 5.97 Å². The number of aryl methyl sites for hydroxylation is 1. The smallest absolute Gasteiger partial charge is 0.303 e. The number of carboxylic acid groups (broad SMARTS) is 1. The summed E-state index contributed by atoms with van der Waals surface area (Å²) < 4.78 is 0. The number of thiazole rings is 1. The number of aromatic nitrogens is 1. The van der Waals surface area contributed by atoms with Gasteiger partial charge in [0, 0.05) is 24.9 Å². The Morgan fingerprint density at radius 3 is 2.37 bits per heavy atom. The lowest BCUT2D eigenvalue weighted by atomic mass is 10.1. The monoisotopic (exact) mass is 284 g/mol. The lowest BCUT2D eigenvalue weighted by Crippen LogP contribution is -2.31. The Bertz CT molecular complexity index is 392. The highest BCUT2D eigenvalue weighted by Gasteiger charge is 2.14. The molecule has 1 aromatic rings. The Morgan fingerprint density at radius 2 is 1.89 bits per heavy atom. The molecule has 0 saturated heterocycles. The Morgan fingerprint density at radius 1 is 1.32 bits per heavy atom. The predicted octanol–water partition coefficient (Wildman–Crippen LogP) is 3.28. The number of nitrogens with zero attached hydrogens (tertiary/aromatic N) is 2. The van der Waals surface area contributed by atoms with Gasteiger partial charge in [0.05, 0.1) is 12.1 Å². The molecule has 0 atom stereocenters. The maximum absolute atomic E-state index is 10.6. The van der Waals surface area contributed by atoms with Crippen molar-refractivity contribution in [2.24, 2.45) is 11.8 Å². The molecule has 5 heteroatoms. The van der Waals surface area contributed by atoms with E-state index in [1.165, 1.54) is 0 Å². The molecule has 0 amide bonds. The maximum Gasteiger partial charge on any atom is 0.303 e. The normalized spacial score (nSPS) is 11.3. The maximum atomic E-state index is 10.6. The van der Waals surface area contributed by atoms with Crippen LogP contribution in [0.5, 0.6) is 0 Å². The Kier molecular flexibility index (Phi) is 6.28. The van der Waals surface area contributed by atoms with Gasteiger partial charge in [-0.05, 0) is 11.8 Å². The van der Waals surface area contributed by atoms with E-state index in [1.54, 1.807) is 11.3 Å². The van der Waals surface area contributed by atoms with Crippen LogP contribution in [0.4, 0.5) is 5.13 Å². The van der Waals surface area contributed by atoms with Crippen LogP contribution in [0.1, 0.15) is 39.8 Å². The molecule has 1 rings (SSSR count). The van der Waals surface area contributed by atoms with Crippen LogP contribution in [0.15, 0.2) is 5.38 Å². The van der Waals surface area contributed by atoms with Crippen LogP contribution in [-0.4, -0.2) is 29.1 Å². The lowest BCUT2D eigenvalue weighted by molar-refractivity contribution is -0.136. The molecule has 19 heavy (non-hydrogen) atoms. The van der Waals surface area contributed by atoms with Crippen LogP contribution in [0, 0.1) is 11.8 Å². The van der Waals surface area contributed by atoms with E-state index in [1.807, 2.05) is 5.38 Å². The van der Waals surface area contributed by atoms with E-state index in [0.29, 0.717) is 18.3 Å². The van der Waals surface area contributed by atoms with Crippen LogP contribution < -0.4 is 4.90 Å². The van der Waals surface area contributed by atoms with Crippen molar-refractivity contribution >= 4 is 22.4 Å². The molecule has 0 spiro atoms. The number of anilines is 1. The van der Waals surface area contributed by atoms with Gasteiger partial charge in [0.1, 0.15) is 0 Å². The molecule has 1 heterocycles. The molecule has 0 aliphatic rings. The SMILES string of the molecule is CC(C)CN(CC(C)C)c1nc(CCC(=O)O)cs1. The number of carbonyl (C=O) groups is 1. The van der Waals surface area contributed by atoms with Crippen molar-refractivity contribution in [1.82, 2.24) is 4.98 Å². The summed E-state index contributed by atoms with van der Waals surface area (Å²) in [6.07, 6.45) is 0.667. The molecule has 0 fully saturated rings. The molecule has 0 aromatic carbocycles. The topological polar surface area (TPSA) is 53.4 Å². The summed E-state index contributed by atoms with van der Waals surface area (Å²) in [4.78, 5) is 17.4. The van der Waals surface area contributed by atoms with Crippen molar-refractivity contribution < 1.29 is 9.90 Å². The number of rotatable bonds is 8. The van der Waals surface area contributed by atoms with E-state index in [2.05, 4.69) is 37.6 Å². The predicted molar refractivity (Wildman–Crippen MR) is 80.0 cm³/mol. The molecule has 1 aromatic heterocycles. The molecular weight excluding hydrogens is 260 g/mol. The number of carboxylic acids is 1. The van der Waals surface area contributed by atoms with Gasteiger partial charge in [-0.2, -0.15) is 0 Å². The van der Waals surface area contributed by atoms with Crippen molar-refractivity contribution in [3.8, 4) is 0 Å². The first-order valence-electron chi connectivity index (χ1n) is 6.79. The molecule has 0 radical (unpaired) electrons. The molecule has 0 aliphatic heterocycles. The van der Waals surface area contributed by atoms with E-state index >= 15 is 0 Å². The Labute approximate surface area is 119 Å². The fourth-order valence-corrected chi connectivity index (χ4v) is 2.78. The highest BCUT2D eigenvalue weighted by Crippen LogP contribution is 2.23. The van der Waals surface area contributed by atoms with E-state index < -0.39 is 5.97 Å². The van der Waals surface area contributed by atoms with Crippen LogP contribution in [-0.2, 0) is 11.2 Å². The van der Waals surface area contributed by atoms with E-state index in [0.717, 1.165) is 23.9 Å². The minimum absolute atomic E-state index is 0.150.